The van der Waals surface area contributed by atoms with E-state index in [0.717, 1.165) is 19.6 Å². The van der Waals surface area contributed by atoms with E-state index in [1.807, 2.05) is 0 Å². The topological polar surface area (TPSA) is 23.6 Å². The first-order chi connectivity index (χ1) is 6.45. The van der Waals surface area contributed by atoms with Crippen LogP contribution in [0.15, 0.2) is 0 Å². The minimum absolute atomic E-state index is 0.418. The molecule has 0 bridgehead atoms. The molecule has 1 aliphatic rings. The first-order valence-electron chi connectivity index (χ1n) is 4.53. The number of halogens is 3. The van der Waals surface area contributed by atoms with E-state index in [-0.39, 0.29) is 0 Å². The average molecular weight is 260 g/mol. The molecular weight excluding hydrogens is 246 g/mol. The van der Waals surface area contributed by atoms with Crippen molar-refractivity contribution in [1.29, 1.82) is 0 Å². The molecule has 1 rings (SSSR count). The van der Waals surface area contributed by atoms with E-state index >= 15 is 0 Å². The van der Waals surface area contributed by atoms with E-state index in [1.165, 1.54) is 0 Å². The highest BCUT2D eigenvalue weighted by atomic mass is 35.6. The van der Waals surface area contributed by atoms with Crippen molar-refractivity contribution >= 4 is 40.7 Å². The molecule has 0 aromatic rings. The Hall–Kier alpha value is 0.300. The molecule has 0 unspecified atom stereocenters. The zero-order valence-corrected chi connectivity index (χ0v) is 10.2. The molecule has 0 radical (unpaired) electrons. The van der Waals surface area contributed by atoms with Crippen molar-refractivity contribution in [3.05, 3.63) is 0 Å². The summed E-state index contributed by atoms with van der Waals surface area (Å²) in [5.74, 6) is -0.418. The number of carbonyl (C=O) groups excluding carboxylic acids is 1. The molecule has 14 heavy (non-hydrogen) atoms. The Labute approximate surface area is 98.9 Å². The SMILES string of the molecule is CCN1CCN(C(=O)C(Cl)(Cl)Cl)CC1. The van der Waals surface area contributed by atoms with Gasteiger partial charge in [-0.1, -0.05) is 41.7 Å². The van der Waals surface area contributed by atoms with Gasteiger partial charge in [0.2, 0.25) is 0 Å². The average Bonchev–Trinajstić information content (AvgIpc) is 2.15. The first kappa shape index (κ1) is 12.4. The van der Waals surface area contributed by atoms with Gasteiger partial charge >= 0.3 is 0 Å². The van der Waals surface area contributed by atoms with Gasteiger partial charge in [0, 0.05) is 26.2 Å². The highest BCUT2D eigenvalue weighted by molar-refractivity contribution is 6.76. The van der Waals surface area contributed by atoms with Crippen LogP contribution in [0.1, 0.15) is 6.92 Å². The second-order valence-electron chi connectivity index (χ2n) is 3.22. The zero-order chi connectivity index (χ0) is 10.8. The lowest BCUT2D eigenvalue weighted by atomic mass is 10.3. The molecule has 1 aliphatic heterocycles. The largest absolute Gasteiger partial charge is 0.336 e. The van der Waals surface area contributed by atoms with Crippen LogP contribution in [-0.2, 0) is 4.79 Å². The molecular formula is C8H13Cl3N2O. The maximum absolute atomic E-state index is 11.5. The maximum Gasteiger partial charge on any atom is 0.274 e. The number of hydrogen-bond acceptors (Lipinski definition) is 2. The van der Waals surface area contributed by atoms with Crippen molar-refractivity contribution in [2.24, 2.45) is 0 Å². The molecule has 0 aromatic heterocycles. The number of alkyl halides is 3. The lowest BCUT2D eigenvalue weighted by Gasteiger charge is -2.35. The van der Waals surface area contributed by atoms with Crippen molar-refractivity contribution in [2.45, 2.75) is 10.7 Å². The number of likely N-dealkylation sites (N-methyl/N-ethyl adjacent to an activating group) is 1. The van der Waals surface area contributed by atoms with Gasteiger partial charge < -0.3 is 9.80 Å². The number of carbonyl (C=O) groups is 1. The van der Waals surface area contributed by atoms with Crippen LogP contribution >= 0.6 is 34.8 Å². The Morgan fingerprint density at radius 3 is 2.07 bits per heavy atom. The minimum atomic E-state index is -1.81. The van der Waals surface area contributed by atoms with Gasteiger partial charge in [-0.2, -0.15) is 0 Å². The number of rotatable bonds is 1. The summed E-state index contributed by atoms with van der Waals surface area (Å²) in [6.07, 6.45) is 0. The van der Waals surface area contributed by atoms with Crippen LogP contribution in [0.4, 0.5) is 0 Å². The fraction of sp³-hybridized carbons (Fsp3) is 0.875. The summed E-state index contributed by atoms with van der Waals surface area (Å²) < 4.78 is -1.81. The second-order valence-corrected chi connectivity index (χ2v) is 5.51. The Balaban J connectivity index is 2.46. The summed E-state index contributed by atoms with van der Waals surface area (Å²) in [5.41, 5.74) is 0. The van der Waals surface area contributed by atoms with Crippen molar-refractivity contribution in [3.63, 3.8) is 0 Å². The van der Waals surface area contributed by atoms with E-state index in [1.54, 1.807) is 4.90 Å². The first-order valence-corrected chi connectivity index (χ1v) is 5.67. The van der Waals surface area contributed by atoms with Gasteiger partial charge in [-0.3, -0.25) is 4.79 Å². The van der Waals surface area contributed by atoms with Gasteiger partial charge in [0.1, 0.15) is 0 Å². The van der Waals surface area contributed by atoms with Gasteiger partial charge in [0.05, 0.1) is 0 Å². The fourth-order valence-corrected chi connectivity index (χ4v) is 1.81. The highest BCUT2D eigenvalue weighted by Crippen LogP contribution is 2.28. The molecule has 1 saturated heterocycles. The number of piperazine rings is 1. The molecule has 6 heteroatoms. The third-order valence-electron chi connectivity index (χ3n) is 2.35. The third-order valence-corrected chi connectivity index (χ3v) is 2.83. The third kappa shape index (κ3) is 3.16. The van der Waals surface area contributed by atoms with E-state index in [9.17, 15) is 4.79 Å². The molecule has 0 N–H and O–H groups in total. The number of nitrogens with zero attached hydrogens (tertiary/aromatic N) is 2. The standard InChI is InChI=1S/C8H13Cl3N2O/c1-2-12-3-5-13(6-4-12)7(14)8(9,10)11/h2-6H2,1H3. The van der Waals surface area contributed by atoms with Crippen LogP contribution in [0.5, 0.6) is 0 Å². The van der Waals surface area contributed by atoms with Crippen molar-refractivity contribution in [3.8, 4) is 0 Å². The monoisotopic (exact) mass is 258 g/mol. The highest BCUT2D eigenvalue weighted by Gasteiger charge is 2.36. The number of hydrogen-bond donors (Lipinski definition) is 0. The predicted molar refractivity (Wildman–Crippen MR) is 59.0 cm³/mol. The van der Waals surface area contributed by atoms with Gasteiger partial charge in [-0.15, -0.1) is 0 Å². The summed E-state index contributed by atoms with van der Waals surface area (Å²) in [6.45, 7) is 6.06. The van der Waals surface area contributed by atoms with Gasteiger partial charge in [0.15, 0.2) is 0 Å². The summed E-state index contributed by atoms with van der Waals surface area (Å²) in [4.78, 5) is 15.4. The molecule has 0 aliphatic carbocycles. The van der Waals surface area contributed by atoms with Crippen molar-refractivity contribution in [2.75, 3.05) is 32.7 Å². The minimum Gasteiger partial charge on any atom is -0.336 e. The number of amides is 1. The van der Waals surface area contributed by atoms with E-state index < -0.39 is 9.70 Å². The Morgan fingerprint density at radius 2 is 1.71 bits per heavy atom. The van der Waals surface area contributed by atoms with E-state index in [2.05, 4.69) is 11.8 Å². The summed E-state index contributed by atoms with van der Waals surface area (Å²) in [6, 6.07) is 0. The Bertz CT molecular complexity index is 209. The molecule has 0 spiro atoms. The van der Waals surface area contributed by atoms with Crippen LogP contribution < -0.4 is 0 Å². The van der Waals surface area contributed by atoms with Crippen LogP contribution in [0.2, 0.25) is 0 Å². The molecule has 1 amide bonds. The van der Waals surface area contributed by atoms with Gasteiger partial charge in [0.25, 0.3) is 9.70 Å². The Kier molecular flexibility index (Phi) is 4.31. The van der Waals surface area contributed by atoms with Crippen LogP contribution in [-0.4, -0.2) is 52.2 Å². The van der Waals surface area contributed by atoms with E-state index in [4.69, 9.17) is 34.8 Å². The summed E-state index contributed by atoms with van der Waals surface area (Å²) in [7, 11) is 0. The van der Waals surface area contributed by atoms with E-state index in [0.29, 0.717) is 13.1 Å². The maximum atomic E-state index is 11.5. The van der Waals surface area contributed by atoms with Crippen molar-refractivity contribution < 1.29 is 4.79 Å². The predicted octanol–water partition coefficient (Wildman–Crippen LogP) is 1.52. The molecule has 82 valence electrons. The van der Waals surface area contributed by atoms with Crippen molar-refractivity contribution in [1.82, 2.24) is 9.80 Å². The van der Waals surface area contributed by atoms with Gasteiger partial charge in [-0.05, 0) is 6.54 Å². The molecule has 0 saturated carbocycles. The van der Waals surface area contributed by atoms with Gasteiger partial charge in [-0.25, -0.2) is 0 Å². The Morgan fingerprint density at radius 1 is 1.21 bits per heavy atom. The quantitative estimate of drug-likeness (QED) is 0.667. The van der Waals surface area contributed by atoms with Crippen LogP contribution in [0.25, 0.3) is 0 Å². The smallest absolute Gasteiger partial charge is 0.274 e. The zero-order valence-electron chi connectivity index (χ0n) is 7.97. The normalized spacial score (nSPS) is 19.9. The lowest BCUT2D eigenvalue weighted by Crippen LogP contribution is -2.51. The second kappa shape index (κ2) is 4.88. The summed E-state index contributed by atoms with van der Waals surface area (Å²) >= 11 is 16.5. The molecule has 0 atom stereocenters. The molecule has 1 fully saturated rings. The molecule has 1 heterocycles. The molecule has 0 aromatic carbocycles. The molecule has 3 nitrogen and oxygen atoms in total. The lowest BCUT2D eigenvalue weighted by molar-refractivity contribution is -0.131. The van der Waals surface area contributed by atoms with Crippen LogP contribution in [0.3, 0.4) is 0 Å². The fourth-order valence-electron chi connectivity index (χ4n) is 1.45. The van der Waals surface area contributed by atoms with Crippen LogP contribution in [0, 0.1) is 0 Å². The summed E-state index contributed by atoms with van der Waals surface area (Å²) in [5, 5.41) is 0.